The first-order valence-corrected chi connectivity index (χ1v) is 10.6. The molecule has 1 atom stereocenters. The minimum atomic E-state index is -0.471. The third kappa shape index (κ3) is 4.92. The molecule has 0 aromatic heterocycles. The second kappa shape index (κ2) is 9.16. The first kappa shape index (κ1) is 20.2. The number of piperidine rings is 1. The van der Waals surface area contributed by atoms with Crippen LogP contribution in [0.3, 0.4) is 0 Å². The monoisotopic (exact) mass is 396 g/mol. The van der Waals surface area contributed by atoms with Gasteiger partial charge in [0.05, 0.1) is 0 Å². The molecule has 4 nitrogen and oxygen atoms in total. The Hall–Kier alpha value is -2.08. The summed E-state index contributed by atoms with van der Waals surface area (Å²) in [6, 6.07) is 14.0. The van der Waals surface area contributed by atoms with Crippen LogP contribution in [0.1, 0.15) is 53.4 Å². The number of hydrogen-bond acceptors (Lipinski definition) is 4. The van der Waals surface area contributed by atoms with E-state index >= 15 is 0 Å². The van der Waals surface area contributed by atoms with Crippen LogP contribution in [-0.4, -0.2) is 46.9 Å². The largest absolute Gasteiger partial charge is 0.374 e. The highest BCUT2D eigenvalue weighted by Gasteiger charge is 2.30. The quantitative estimate of drug-likeness (QED) is 0.719. The van der Waals surface area contributed by atoms with Gasteiger partial charge in [0.2, 0.25) is 0 Å². The molecule has 2 aliphatic rings. The molecule has 1 fully saturated rings. The molecular formula is C24H29FN2O2. The Bertz CT molecular complexity index is 831. The number of aliphatic hydroxyl groups excluding tert-OH is 1. The van der Waals surface area contributed by atoms with Crippen molar-refractivity contribution in [2.75, 3.05) is 26.2 Å². The lowest BCUT2D eigenvalue weighted by Crippen LogP contribution is -2.38. The van der Waals surface area contributed by atoms with Crippen molar-refractivity contribution in [3.63, 3.8) is 0 Å². The standard InChI is InChI=1S/C24H29FN2O2/c25-21-9-7-19(8-10-21)23(28)6-3-13-26-14-11-18(12-15-26)16-27-17-20-4-1-2-5-22(20)24(27)29/h1-2,4-5,7-10,18,24,29H,3,6,11-17H2. The number of ketones is 1. The van der Waals surface area contributed by atoms with E-state index in [-0.39, 0.29) is 11.6 Å². The highest BCUT2D eigenvalue weighted by molar-refractivity contribution is 5.95. The van der Waals surface area contributed by atoms with Crippen molar-refractivity contribution in [3.05, 3.63) is 71.0 Å². The van der Waals surface area contributed by atoms with E-state index < -0.39 is 6.23 Å². The first-order valence-electron chi connectivity index (χ1n) is 10.6. The lowest BCUT2D eigenvalue weighted by molar-refractivity contribution is -0.00377. The molecule has 2 heterocycles. The molecule has 1 unspecified atom stereocenters. The summed E-state index contributed by atoms with van der Waals surface area (Å²) in [6.07, 6.45) is 3.13. The average molecular weight is 397 g/mol. The van der Waals surface area contributed by atoms with Crippen molar-refractivity contribution >= 4 is 5.78 Å². The summed E-state index contributed by atoms with van der Waals surface area (Å²) in [4.78, 5) is 16.8. The molecule has 0 radical (unpaired) electrons. The third-order valence-electron chi connectivity index (χ3n) is 6.30. The zero-order valence-electron chi connectivity index (χ0n) is 16.8. The van der Waals surface area contributed by atoms with Crippen LogP contribution in [0.2, 0.25) is 0 Å². The van der Waals surface area contributed by atoms with Gasteiger partial charge in [-0.25, -0.2) is 4.39 Å². The van der Waals surface area contributed by atoms with Crippen LogP contribution in [0.4, 0.5) is 4.39 Å². The number of rotatable bonds is 7. The lowest BCUT2D eigenvalue weighted by atomic mass is 9.96. The Morgan fingerprint density at radius 2 is 1.79 bits per heavy atom. The van der Waals surface area contributed by atoms with E-state index in [1.165, 1.54) is 17.7 Å². The Kier molecular flexibility index (Phi) is 6.38. The summed E-state index contributed by atoms with van der Waals surface area (Å²) in [5.41, 5.74) is 2.88. The second-order valence-electron chi connectivity index (χ2n) is 8.32. The topological polar surface area (TPSA) is 43.8 Å². The first-order chi connectivity index (χ1) is 14.1. The Morgan fingerprint density at radius 3 is 2.52 bits per heavy atom. The lowest BCUT2D eigenvalue weighted by Gasteiger charge is -2.34. The van der Waals surface area contributed by atoms with Crippen molar-refractivity contribution in [3.8, 4) is 0 Å². The minimum Gasteiger partial charge on any atom is -0.374 e. The van der Waals surface area contributed by atoms with Crippen LogP contribution < -0.4 is 0 Å². The van der Waals surface area contributed by atoms with Gasteiger partial charge in [-0.2, -0.15) is 0 Å². The summed E-state index contributed by atoms with van der Waals surface area (Å²) in [7, 11) is 0. The molecule has 29 heavy (non-hydrogen) atoms. The molecule has 2 aromatic rings. The van der Waals surface area contributed by atoms with Crippen molar-refractivity contribution in [1.82, 2.24) is 9.80 Å². The normalized spacial score (nSPS) is 20.7. The number of carbonyl (C=O) groups is 1. The molecule has 1 N–H and O–H groups in total. The van der Waals surface area contributed by atoms with Gasteiger partial charge in [0.1, 0.15) is 12.0 Å². The molecule has 1 saturated heterocycles. The maximum atomic E-state index is 13.0. The molecule has 2 aliphatic heterocycles. The molecular weight excluding hydrogens is 367 g/mol. The van der Waals surface area contributed by atoms with Crippen molar-refractivity contribution in [1.29, 1.82) is 0 Å². The van der Waals surface area contributed by atoms with E-state index in [0.717, 1.165) is 57.5 Å². The molecule has 5 heteroatoms. The van der Waals surface area contributed by atoms with E-state index in [9.17, 15) is 14.3 Å². The fourth-order valence-electron chi connectivity index (χ4n) is 4.56. The number of aliphatic hydroxyl groups is 1. The Morgan fingerprint density at radius 1 is 1.07 bits per heavy atom. The van der Waals surface area contributed by atoms with Gasteiger partial charge in [0, 0.05) is 25.1 Å². The van der Waals surface area contributed by atoms with Gasteiger partial charge < -0.3 is 10.0 Å². The summed E-state index contributed by atoms with van der Waals surface area (Å²) in [6.45, 7) is 4.80. The maximum absolute atomic E-state index is 13.0. The second-order valence-corrected chi connectivity index (χ2v) is 8.32. The zero-order chi connectivity index (χ0) is 20.2. The highest BCUT2D eigenvalue weighted by Crippen LogP contribution is 2.33. The Balaban J connectivity index is 1.17. The SMILES string of the molecule is O=C(CCCN1CCC(CN2Cc3ccccc3C2O)CC1)c1ccc(F)cc1. The predicted octanol–water partition coefficient (Wildman–Crippen LogP) is 4.01. The molecule has 0 bridgehead atoms. The summed E-state index contributed by atoms with van der Waals surface area (Å²) >= 11 is 0. The number of Topliss-reactive ketones (excluding diaryl/α,β-unsaturated/α-hetero) is 1. The van der Waals surface area contributed by atoms with Gasteiger partial charge >= 0.3 is 0 Å². The van der Waals surface area contributed by atoms with Crippen LogP contribution in [0, 0.1) is 11.7 Å². The Labute approximate surface area is 171 Å². The van der Waals surface area contributed by atoms with Crippen LogP contribution in [0.15, 0.2) is 48.5 Å². The van der Waals surface area contributed by atoms with Gasteiger partial charge in [0.15, 0.2) is 5.78 Å². The number of hydrogen-bond donors (Lipinski definition) is 1. The van der Waals surface area contributed by atoms with E-state index in [4.69, 9.17) is 0 Å². The summed E-state index contributed by atoms with van der Waals surface area (Å²) in [5, 5.41) is 10.6. The van der Waals surface area contributed by atoms with Crippen LogP contribution in [0.5, 0.6) is 0 Å². The minimum absolute atomic E-state index is 0.0856. The van der Waals surface area contributed by atoms with Gasteiger partial charge in [-0.15, -0.1) is 0 Å². The van der Waals surface area contributed by atoms with Crippen molar-refractivity contribution in [2.24, 2.45) is 5.92 Å². The van der Waals surface area contributed by atoms with Crippen molar-refractivity contribution in [2.45, 2.75) is 38.5 Å². The van der Waals surface area contributed by atoms with Crippen LogP contribution in [-0.2, 0) is 6.54 Å². The van der Waals surface area contributed by atoms with Gasteiger partial charge in [0.25, 0.3) is 0 Å². The number of carbonyl (C=O) groups excluding carboxylic acids is 1. The number of benzene rings is 2. The zero-order valence-corrected chi connectivity index (χ0v) is 16.8. The van der Waals surface area contributed by atoms with Gasteiger partial charge in [-0.1, -0.05) is 24.3 Å². The number of nitrogens with zero attached hydrogens (tertiary/aromatic N) is 2. The summed E-state index contributed by atoms with van der Waals surface area (Å²) in [5.74, 6) is 0.383. The van der Waals surface area contributed by atoms with Crippen LogP contribution in [0.25, 0.3) is 0 Å². The number of fused-ring (bicyclic) bond motifs is 1. The predicted molar refractivity (Wildman–Crippen MR) is 111 cm³/mol. The van der Waals surface area contributed by atoms with E-state index in [1.807, 2.05) is 18.2 Å². The fraction of sp³-hybridized carbons (Fsp3) is 0.458. The fourth-order valence-corrected chi connectivity index (χ4v) is 4.56. The molecule has 0 amide bonds. The molecule has 0 spiro atoms. The molecule has 154 valence electrons. The highest BCUT2D eigenvalue weighted by atomic mass is 19.1. The van der Waals surface area contributed by atoms with E-state index in [2.05, 4.69) is 15.9 Å². The molecule has 0 saturated carbocycles. The van der Waals surface area contributed by atoms with Gasteiger partial charge in [-0.3, -0.25) is 9.69 Å². The molecule has 2 aromatic carbocycles. The smallest absolute Gasteiger partial charge is 0.162 e. The third-order valence-corrected chi connectivity index (χ3v) is 6.30. The van der Waals surface area contributed by atoms with E-state index in [0.29, 0.717) is 17.9 Å². The molecule has 0 aliphatic carbocycles. The summed E-state index contributed by atoms with van der Waals surface area (Å²) < 4.78 is 13.0. The van der Waals surface area contributed by atoms with Crippen LogP contribution >= 0.6 is 0 Å². The van der Waals surface area contributed by atoms with Gasteiger partial charge in [-0.05, 0) is 80.2 Å². The van der Waals surface area contributed by atoms with Crippen molar-refractivity contribution < 1.29 is 14.3 Å². The average Bonchev–Trinajstić information content (AvgIpc) is 3.05. The van der Waals surface area contributed by atoms with E-state index in [1.54, 1.807) is 12.1 Å². The number of likely N-dealkylation sites (tertiary alicyclic amines) is 1. The maximum Gasteiger partial charge on any atom is 0.162 e. The molecule has 4 rings (SSSR count). The number of halogens is 1.